The van der Waals surface area contributed by atoms with Crippen LogP contribution in [0.1, 0.15) is 33.6 Å². The molecule has 0 saturated carbocycles. The average molecular weight is 336 g/mol. The largest absolute Gasteiger partial charge is 0.449 e. The van der Waals surface area contributed by atoms with Crippen molar-refractivity contribution < 1.29 is 23.7 Å². The minimum atomic E-state index is -0.770. The Morgan fingerprint density at radius 1 is 1.12 bits per heavy atom. The van der Waals surface area contributed by atoms with Crippen LogP contribution in [0.15, 0.2) is 18.2 Å². The van der Waals surface area contributed by atoms with Crippen molar-refractivity contribution in [3.8, 4) is 11.5 Å². The van der Waals surface area contributed by atoms with Gasteiger partial charge in [0.1, 0.15) is 0 Å². The van der Waals surface area contributed by atoms with Crippen LogP contribution in [0.5, 0.6) is 11.5 Å². The Kier molecular flexibility index (Phi) is 4.56. The second-order valence-electron chi connectivity index (χ2n) is 6.34. The van der Waals surface area contributed by atoms with Gasteiger partial charge in [0.2, 0.25) is 5.79 Å². The molecule has 2 aliphatic rings. The van der Waals surface area contributed by atoms with E-state index in [-0.39, 0.29) is 12.6 Å². The van der Waals surface area contributed by atoms with Crippen LogP contribution in [0.4, 0.5) is 10.5 Å². The number of carbonyl (C=O) groups excluding carboxylic acids is 1. The van der Waals surface area contributed by atoms with Crippen LogP contribution >= 0.6 is 0 Å². The summed E-state index contributed by atoms with van der Waals surface area (Å²) in [7, 11) is 0. The second-order valence-corrected chi connectivity index (χ2v) is 6.34. The van der Waals surface area contributed by atoms with Crippen molar-refractivity contribution in [1.29, 1.82) is 0 Å². The van der Waals surface area contributed by atoms with E-state index < -0.39 is 11.6 Å². The SMILES string of the molecule is CCC1(C)Oc2ccc(NC(=O)NCC3(C)OCCCO3)cc2O1. The van der Waals surface area contributed by atoms with Crippen molar-refractivity contribution in [2.75, 3.05) is 25.1 Å². The predicted octanol–water partition coefficient (Wildman–Crippen LogP) is 2.86. The maximum Gasteiger partial charge on any atom is 0.319 e. The van der Waals surface area contributed by atoms with Crippen molar-refractivity contribution in [3.05, 3.63) is 18.2 Å². The zero-order valence-corrected chi connectivity index (χ0v) is 14.3. The van der Waals surface area contributed by atoms with Gasteiger partial charge in [-0.15, -0.1) is 0 Å². The number of fused-ring (bicyclic) bond motifs is 1. The number of hydrogen-bond acceptors (Lipinski definition) is 5. The first-order valence-electron chi connectivity index (χ1n) is 8.26. The van der Waals surface area contributed by atoms with Gasteiger partial charge in [0, 0.05) is 25.1 Å². The highest BCUT2D eigenvalue weighted by Gasteiger charge is 2.35. The van der Waals surface area contributed by atoms with Crippen LogP contribution in [0.2, 0.25) is 0 Å². The molecule has 2 heterocycles. The summed E-state index contributed by atoms with van der Waals surface area (Å²) in [6, 6.07) is 5.00. The van der Waals surface area contributed by atoms with E-state index in [9.17, 15) is 4.79 Å². The lowest BCUT2D eigenvalue weighted by atomic mass is 10.2. The fraction of sp³-hybridized carbons (Fsp3) is 0.588. The number of carbonyl (C=O) groups is 1. The molecule has 7 heteroatoms. The van der Waals surface area contributed by atoms with Crippen LogP contribution < -0.4 is 20.1 Å². The van der Waals surface area contributed by atoms with Gasteiger partial charge in [-0.25, -0.2) is 4.79 Å². The first-order valence-corrected chi connectivity index (χ1v) is 8.26. The Morgan fingerprint density at radius 2 is 1.83 bits per heavy atom. The van der Waals surface area contributed by atoms with E-state index in [1.807, 2.05) is 20.8 Å². The fourth-order valence-corrected chi connectivity index (χ4v) is 2.58. The quantitative estimate of drug-likeness (QED) is 0.884. The molecule has 1 saturated heterocycles. The van der Waals surface area contributed by atoms with Gasteiger partial charge in [-0.1, -0.05) is 6.92 Å². The Bertz CT molecular complexity index is 615. The van der Waals surface area contributed by atoms with Gasteiger partial charge in [0.25, 0.3) is 0 Å². The topological polar surface area (TPSA) is 78.1 Å². The molecule has 2 N–H and O–H groups in total. The normalized spacial score (nSPS) is 24.5. The molecule has 0 aliphatic carbocycles. The Morgan fingerprint density at radius 3 is 2.54 bits per heavy atom. The molecule has 7 nitrogen and oxygen atoms in total. The van der Waals surface area contributed by atoms with Crippen molar-refractivity contribution in [1.82, 2.24) is 5.32 Å². The first-order chi connectivity index (χ1) is 11.4. The van der Waals surface area contributed by atoms with Gasteiger partial charge in [-0.3, -0.25) is 0 Å². The summed E-state index contributed by atoms with van der Waals surface area (Å²) in [6.45, 7) is 7.25. The summed E-state index contributed by atoms with van der Waals surface area (Å²) in [5.41, 5.74) is 0.630. The molecule has 0 bridgehead atoms. The van der Waals surface area contributed by atoms with Gasteiger partial charge >= 0.3 is 6.03 Å². The van der Waals surface area contributed by atoms with Gasteiger partial charge in [-0.05, 0) is 25.5 Å². The molecule has 0 aromatic heterocycles. The van der Waals surface area contributed by atoms with E-state index in [4.69, 9.17) is 18.9 Å². The lowest BCUT2D eigenvalue weighted by molar-refractivity contribution is -0.250. The third kappa shape index (κ3) is 3.73. The molecule has 3 rings (SSSR count). The molecule has 132 valence electrons. The van der Waals surface area contributed by atoms with Crippen LogP contribution in [0, 0.1) is 0 Å². The van der Waals surface area contributed by atoms with Crippen molar-refractivity contribution >= 4 is 11.7 Å². The van der Waals surface area contributed by atoms with E-state index >= 15 is 0 Å². The molecule has 0 radical (unpaired) electrons. The number of urea groups is 1. The first kappa shape index (κ1) is 16.9. The maximum atomic E-state index is 12.1. The van der Waals surface area contributed by atoms with Crippen LogP contribution in [0.3, 0.4) is 0 Å². The van der Waals surface area contributed by atoms with Gasteiger partial charge < -0.3 is 29.6 Å². The van der Waals surface area contributed by atoms with E-state index in [1.165, 1.54) is 0 Å². The van der Waals surface area contributed by atoms with Gasteiger partial charge in [0.05, 0.1) is 19.8 Å². The molecule has 0 spiro atoms. The number of nitrogens with one attached hydrogen (secondary N) is 2. The number of anilines is 1. The minimum absolute atomic E-state index is 0.275. The zero-order valence-electron chi connectivity index (χ0n) is 14.3. The van der Waals surface area contributed by atoms with Crippen molar-refractivity contribution in [2.45, 2.75) is 45.2 Å². The third-order valence-corrected chi connectivity index (χ3v) is 4.17. The summed E-state index contributed by atoms with van der Waals surface area (Å²) < 4.78 is 22.7. The molecule has 1 aromatic rings. The lowest BCUT2D eigenvalue weighted by Crippen LogP contribution is -2.48. The van der Waals surface area contributed by atoms with E-state index in [1.54, 1.807) is 18.2 Å². The highest BCUT2D eigenvalue weighted by atomic mass is 16.7. The number of amides is 2. The number of rotatable bonds is 4. The number of ether oxygens (including phenoxy) is 4. The average Bonchev–Trinajstić information content (AvgIpc) is 2.90. The predicted molar refractivity (Wildman–Crippen MR) is 88.3 cm³/mol. The number of hydrogen-bond donors (Lipinski definition) is 2. The van der Waals surface area contributed by atoms with Crippen LogP contribution in [0.25, 0.3) is 0 Å². The fourth-order valence-electron chi connectivity index (χ4n) is 2.58. The molecule has 1 atom stereocenters. The molecule has 1 aromatic carbocycles. The zero-order chi connectivity index (χ0) is 17.2. The molecular formula is C17H24N2O5. The van der Waals surface area contributed by atoms with Crippen LogP contribution in [-0.4, -0.2) is 37.4 Å². The summed E-state index contributed by atoms with van der Waals surface area (Å²) in [5.74, 6) is -0.106. The van der Waals surface area contributed by atoms with Crippen molar-refractivity contribution in [3.63, 3.8) is 0 Å². The summed E-state index contributed by atoms with van der Waals surface area (Å²) >= 11 is 0. The molecule has 2 amide bonds. The summed E-state index contributed by atoms with van der Waals surface area (Å²) in [6.07, 6.45) is 1.60. The van der Waals surface area contributed by atoms with E-state index in [0.717, 1.165) is 12.8 Å². The Hall–Kier alpha value is -1.99. The lowest BCUT2D eigenvalue weighted by Gasteiger charge is -2.33. The van der Waals surface area contributed by atoms with Gasteiger partial charge in [-0.2, -0.15) is 0 Å². The minimum Gasteiger partial charge on any atom is -0.449 e. The van der Waals surface area contributed by atoms with Gasteiger partial charge in [0.15, 0.2) is 17.3 Å². The summed E-state index contributed by atoms with van der Waals surface area (Å²) in [4.78, 5) is 12.1. The number of benzene rings is 1. The highest BCUT2D eigenvalue weighted by Crippen LogP contribution is 2.41. The maximum absolute atomic E-state index is 12.1. The summed E-state index contributed by atoms with van der Waals surface area (Å²) in [5, 5.41) is 5.54. The third-order valence-electron chi connectivity index (χ3n) is 4.17. The monoisotopic (exact) mass is 336 g/mol. The smallest absolute Gasteiger partial charge is 0.319 e. The second kappa shape index (κ2) is 6.49. The van der Waals surface area contributed by atoms with Crippen molar-refractivity contribution in [2.24, 2.45) is 0 Å². The molecular weight excluding hydrogens is 312 g/mol. The molecule has 2 aliphatic heterocycles. The van der Waals surface area contributed by atoms with E-state index in [2.05, 4.69) is 10.6 Å². The Balaban J connectivity index is 1.55. The molecule has 1 fully saturated rings. The molecule has 24 heavy (non-hydrogen) atoms. The van der Waals surface area contributed by atoms with Crippen LogP contribution in [-0.2, 0) is 9.47 Å². The molecule has 1 unspecified atom stereocenters. The standard InChI is InChI=1S/C17H24N2O5/c1-4-16(2)23-13-7-6-12(10-14(13)24-16)19-15(20)18-11-17(3)21-8-5-9-22-17/h6-7,10H,4-5,8-9,11H2,1-3H3,(H2,18,19,20). The van der Waals surface area contributed by atoms with E-state index in [0.29, 0.717) is 30.4 Å². The Labute approximate surface area is 141 Å². The highest BCUT2D eigenvalue weighted by molar-refractivity contribution is 5.89.